The van der Waals surface area contributed by atoms with Crippen molar-refractivity contribution >= 4 is 23.2 Å². The molecule has 0 radical (unpaired) electrons. The molecule has 4 nitrogen and oxygen atoms in total. The smallest absolute Gasteiger partial charge is 0.237 e. The van der Waals surface area contributed by atoms with Gasteiger partial charge in [-0.15, -0.1) is 0 Å². The standard InChI is InChI=1S/C15H11ClN2O2/c1-6-4-7(2)17-12-10(6)14(19)15(20)11-9(16)5-8(3)18-13(11)12/h4-5H,1-3H3. The Morgan fingerprint density at radius 1 is 0.850 bits per heavy atom. The monoisotopic (exact) mass is 286 g/mol. The Labute approximate surface area is 120 Å². The summed E-state index contributed by atoms with van der Waals surface area (Å²) in [5.41, 5.74) is 3.54. The van der Waals surface area contributed by atoms with Crippen LogP contribution in [0.25, 0.3) is 11.4 Å². The van der Waals surface area contributed by atoms with Crippen LogP contribution in [0.2, 0.25) is 5.02 Å². The van der Waals surface area contributed by atoms with Gasteiger partial charge < -0.3 is 0 Å². The first-order valence-electron chi connectivity index (χ1n) is 6.15. The Hall–Kier alpha value is -2.07. The van der Waals surface area contributed by atoms with Crippen molar-refractivity contribution in [2.24, 2.45) is 0 Å². The van der Waals surface area contributed by atoms with Crippen molar-refractivity contribution in [2.75, 3.05) is 0 Å². The normalized spacial score (nSPS) is 13.2. The van der Waals surface area contributed by atoms with Crippen molar-refractivity contribution in [1.82, 2.24) is 9.97 Å². The summed E-state index contributed by atoms with van der Waals surface area (Å²) in [6.45, 7) is 5.42. The zero-order valence-electron chi connectivity index (χ0n) is 11.2. The van der Waals surface area contributed by atoms with Crippen LogP contribution in [0.15, 0.2) is 12.1 Å². The maximum atomic E-state index is 12.3. The Bertz CT molecular complexity index is 729. The highest BCUT2D eigenvalue weighted by Crippen LogP contribution is 2.36. The second kappa shape index (κ2) is 4.21. The summed E-state index contributed by atoms with van der Waals surface area (Å²) in [4.78, 5) is 33.3. The van der Waals surface area contributed by atoms with Gasteiger partial charge in [0.2, 0.25) is 11.6 Å². The van der Waals surface area contributed by atoms with Crippen LogP contribution >= 0.6 is 11.6 Å². The summed E-state index contributed by atoms with van der Waals surface area (Å²) in [7, 11) is 0. The highest BCUT2D eigenvalue weighted by atomic mass is 35.5. The second-order valence-corrected chi connectivity index (χ2v) is 5.34. The van der Waals surface area contributed by atoms with Crippen LogP contribution in [-0.4, -0.2) is 21.5 Å². The fourth-order valence-corrected chi connectivity index (χ4v) is 2.88. The molecule has 0 amide bonds. The largest absolute Gasteiger partial charge is 0.285 e. The summed E-state index contributed by atoms with van der Waals surface area (Å²) >= 11 is 6.11. The molecule has 2 heterocycles. The average Bonchev–Trinajstić information content (AvgIpc) is 2.34. The zero-order valence-corrected chi connectivity index (χ0v) is 12.0. The molecule has 2 aromatic heterocycles. The first kappa shape index (κ1) is 12.9. The summed E-state index contributed by atoms with van der Waals surface area (Å²) < 4.78 is 0. The molecule has 1 aliphatic rings. The molecule has 20 heavy (non-hydrogen) atoms. The van der Waals surface area contributed by atoms with E-state index < -0.39 is 11.6 Å². The maximum absolute atomic E-state index is 12.3. The number of hydrogen-bond donors (Lipinski definition) is 0. The van der Waals surface area contributed by atoms with Crippen molar-refractivity contribution in [3.05, 3.63) is 45.2 Å². The Balaban J connectivity index is 2.49. The van der Waals surface area contributed by atoms with Crippen molar-refractivity contribution in [2.45, 2.75) is 20.8 Å². The first-order chi connectivity index (χ1) is 9.40. The van der Waals surface area contributed by atoms with Gasteiger partial charge in [-0.2, -0.15) is 0 Å². The van der Waals surface area contributed by atoms with E-state index in [9.17, 15) is 9.59 Å². The molecule has 0 saturated heterocycles. The van der Waals surface area contributed by atoms with Crippen LogP contribution in [0.3, 0.4) is 0 Å². The van der Waals surface area contributed by atoms with Gasteiger partial charge in [-0.05, 0) is 38.5 Å². The minimum Gasteiger partial charge on any atom is -0.285 e. The Morgan fingerprint density at radius 2 is 1.35 bits per heavy atom. The molecule has 0 aliphatic heterocycles. The third-order valence-electron chi connectivity index (χ3n) is 3.33. The van der Waals surface area contributed by atoms with E-state index in [1.165, 1.54) is 0 Å². The molecule has 0 aromatic carbocycles. The number of pyridine rings is 2. The quantitative estimate of drug-likeness (QED) is 0.698. The van der Waals surface area contributed by atoms with Gasteiger partial charge in [0, 0.05) is 11.4 Å². The summed E-state index contributed by atoms with van der Waals surface area (Å²) in [6, 6.07) is 3.37. The fraction of sp³-hybridized carbons (Fsp3) is 0.200. The first-order valence-corrected chi connectivity index (χ1v) is 6.52. The van der Waals surface area contributed by atoms with Gasteiger partial charge in [-0.25, -0.2) is 0 Å². The van der Waals surface area contributed by atoms with E-state index in [1.807, 2.05) is 6.92 Å². The van der Waals surface area contributed by atoms with Crippen LogP contribution in [-0.2, 0) is 0 Å². The van der Waals surface area contributed by atoms with E-state index in [0.717, 1.165) is 11.3 Å². The van der Waals surface area contributed by atoms with Gasteiger partial charge in [-0.3, -0.25) is 19.6 Å². The molecule has 100 valence electrons. The predicted molar refractivity (Wildman–Crippen MR) is 75.4 cm³/mol. The number of aryl methyl sites for hydroxylation is 3. The molecule has 1 aliphatic carbocycles. The van der Waals surface area contributed by atoms with Gasteiger partial charge >= 0.3 is 0 Å². The molecular weight excluding hydrogens is 276 g/mol. The van der Waals surface area contributed by atoms with Crippen molar-refractivity contribution in [3.8, 4) is 11.4 Å². The summed E-state index contributed by atoms with van der Waals surface area (Å²) in [6.07, 6.45) is 0. The van der Waals surface area contributed by atoms with E-state index in [0.29, 0.717) is 22.6 Å². The van der Waals surface area contributed by atoms with Gasteiger partial charge in [-0.1, -0.05) is 11.6 Å². The number of fused-ring (bicyclic) bond motifs is 3. The molecule has 5 heteroatoms. The van der Waals surface area contributed by atoms with E-state index in [-0.39, 0.29) is 10.6 Å². The van der Waals surface area contributed by atoms with Crippen LogP contribution in [0.4, 0.5) is 0 Å². The Kier molecular flexibility index (Phi) is 2.73. The summed E-state index contributed by atoms with van der Waals surface area (Å²) in [5.74, 6) is -1.18. The van der Waals surface area contributed by atoms with Crippen LogP contribution < -0.4 is 0 Å². The lowest BCUT2D eigenvalue weighted by atomic mass is 9.87. The van der Waals surface area contributed by atoms with E-state index in [1.54, 1.807) is 26.0 Å². The minimum absolute atomic E-state index is 0.160. The zero-order chi connectivity index (χ0) is 14.6. The van der Waals surface area contributed by atoms with Crippen molar-refractivity contribution in [3.63, 3.8) is 0 Å². The Morgan fingerprint density at radius 3 is 2.00 bits per heavy atom. The van der Waals surface area contributed by atoms with Crippen LogP contribution in [0.1, 0.15) is 37.7 Å². The number of rotatable bonds is 0. The SMILES string of the molecule is Cc1cc(C)c2c(n1)-c1nc(C)cc(Cl)c1C(=O)C2=O. The number of carbonyl (C=O) groups excluding carboxylic acids is 2. The third kappa shape index (κ3) is 1.68. The molecule has 0 unspecified atom stereocenters. The molecule has 0 fully saturated rings. The van der Waals surface area contributed by atoms with E-state index in [2.05, 4.69) is 9.97 Å². The van der Waals surface area contributed by atoms with E-state index >= 15 is 0 Å². The predicted octanol–water partition coefficient (Wildman–Crippen LogP) is 3.10. The number of ketones is 2. The highest BCUT2D eigenvalue weighted by molar-refractivity contribution is 6.55. The molecule has 0 saturated carbocycles. The highest BCUT2D eigenvalue weighted by Gasteiger charge is 2.35. The lowest BCUT2D eigenvalue weighted by molar-refractivity contribution is 0.0814. The fourth-order valence-electron chi connectivity index (χ4n) is 2.54. The van der Waals surface area contributed by atoms with Crippen molar-refractivity contribution in [1.29, 1.82) is 0 Å². The minimum atomic E-state index is -0.612. The molecule has 2 aromatic rings. The van der Waals surface area contributed by atoms with E-state index in [4.69, 9.17) is 11.6 Å². The number of carbonyl (C=O) groups is 2. The topological polar surface area (TPSA) is 59.9 Å². The number of halogens is 1. The average molecular weight is 287 g/mol. The molecule has 0 N–H and O–H groups in total. The van der Waals surface area contributed by atoms with Crippen LogP contribution in [0.5, 0.6) is 0 Å². The summed E-state index contributed by atoms with van der Waals surface area (Å²) in [5, 5.41) is 0.248. The molecule has 0 bridgehead atoms. The number of nitrogens with zero attached hydrogens (tertiary/aromatic N) is 2. The van der Waals surface area contributed by atoms with Crippen LogP contribution in [0, 0.1) is 20.8 Å². The van der Waals surface area contributed by atoms with Gasteiger partial charge in [0.05, 0.1) is 16.1 Å². The van der Waals surface area contributed by atoms with Gasteiger partial charge in [0.25, 0.3) is 0 Å². The maximum Gasteiger partial charge on any atom is 0.237 e. The van der Waals surface area contributed by atoms with Gasteiger partial charge in [0.15, 0.2) is 0 Å². The third-order valence-corrected chi connectivity index (χ3v) is 3.63. The van der Waals surface area contributed by atoms with Gasteiger partial charge in [0.1, 0.15) is 11.4 Å². The number of Topliss-reactive ketones (excluding diaryl/α,β-unsaturated/α-hetero) is 2. The molecule has 0 spiro atoms. The molecule has 3 rings (SSSR count). The van der Waals surface area contributed by atoms with Crippen molar-refractivity contribution < 1.29 is 9.59 Å². The molecular formula is C15H11ClN2O2. The second-order valence-electron chi connectivity index (χ2n) is 4.93. The lowest BCUT2D eigenvalue weighted by Gasteiger charge is -2.19. The number of aromatic nitrogens is 2. The number of hydrogen-bond acceptors (Lipinski definition) is 4. The molecule has 0 atom stereocenters. The lowest BCUT2D eigenvalue weighted by Crippen LogP contribution is -2.25.